The number of carbonyl (C=O) groups is 1. The summed E-state index contributed by atoms with van der Waals surface area (Å²) in [4.78, 5) is 12.4. The summed E-state index contributed by atoms with van der Waals surface area (Å²) in [5, 5.41) is 16.0. The van der Waals surface area contributed by atoms with Gasteiger partial charge in [-0.2, -0.15) is 0 Å². The van der Waals surface area contributed by atoms with Crippen LogP contribution in [0.25, 0.3) is 5.69 Å². The first kappa shape index (κ1) is 23.3. The fraction of sp³-hybridized carbons (Fsp3) is 0.160. The van der Waals surface area contributed by atoms with Gasteiger partial charge >= 0.3 is 0 Å². The molecule has 0 saturated carbocycles. The second-order valence-corrected chi connectivity index (χ2v) is 9.70. The summed E-state index contributed by atoms with van der Waals surface area (Å²) in [6.45, 7) is 2.52. The van der Waals surface area contributed by atoms with E-state index in [0.717, 1.165) is 33.6 Å². The number of nitrogens with one attached hydrogen (secondary N) is 2. The Morgan fingerprint density at radius 3 is 2.45 bits per heavy atom. The second-order valence-electron chi connectivity index (χ2n) is 7.39. The van der Waals surface area contributed by atoms with Gasteiger partial charge in [0.2, 0.25) is 5.91 Å². The fourth-order valence-corrected chi connectivity index (χ4v) is 4.52. The number of benzene rings is 3. The zero-order valence-electron chi connectivity index (χ0n) is 18.2. The predicted octanol–water partition coefficient (Wildman–Crippen LogP) is 5.91. The van der Waals surface area contributed by atoms with Crippen molar-refractivity contribution < 1.29 is 4.79 Å². The summed E-state index contributed by atoms with van der Waals surface area (Å²) in [5.41, 5.74) is 3.92. The van der Waals surface area contributed by atoms with Gasteiger partial charge in [0.05, 0.1) is 6.54 Å². The van der Waals surface area contributed by atoms with Gasteiger partial charge in [-0.25, -0.2) is 0 Å². The number of hydrogen-bond acceptors (Lipinski definition) is 5. The number of rotatable bonds is 9. The van der Waals surface area contributed by atoms with Crippen molar-refractivity contribution in [1.82, 2.24) is 14.8 Å². The number of anilines is 2. The molecule has 0 aliphatic carbocycles. The van der Waals surface area contributed by atoms with E-state index < -0.39 is 0 Å². The average Bonchev–Trinajstić information content (AvgIpc) is 3.23. The van der Waals surface area contributed by atoms with Crippen LogP contribution in [-0.2, 0) is 11.3 Å². The number of carbonyl (C=O) groups excluding carboxylic acids is 1. The molecule has 3 aromatic carbocycles. The zero-order valence-corrected chi connectivity index (χ0v) is 21.1. The van der Waals surface area contributed by atoms with Crippen LogP contribution in [0.3, 0.4) is 0 Å². The molecule has 0 radical (unpaired) electrons. The maximum Gasteiger partial charge on any atom is 0.225 e. The summed E-state index contributed by atoms with van der Waals surface area (Å²) in [6.07, 6.45) is 0.386. The molecule has 2 N–H and O–H groups in total. The van der Waals surface area contributed by atoms with Gasteiger partial charge in [-0.05, 0) is 77.5 Å². The van der Waals surface area contributed by atoms with Crippen LogP contribution in [-0.4, -0.2) is 26.4 Å². The molecule has 33 heavy (non-hydrogen) atoms. The maximum absolute atomic E-state index is 12.4. The van der Waals surface area contributed by atoms with Crippen LogP contribution >= 0.6 is 34.4 Å². The predicted molar refractivity (Wildman–Crippen MR) is 143 cm³/mol. The first-order valence-corrected chi connectivity index (χ1v) is 12.6. The fourth-order valence-electron chi connectivity index (χ4n) is 3.25. The number of para-hydroxylation sites is 2. The van der Waals surface area contributed by atoms with Crippen LogP contribution in [0.2, 0.25) is 0 Å². The van der Waals surface area contributed by atoms with Gasteiger partial charge in [0.25, 0.3) is 0 Å². The first-order valence-electron chi connectivity index (χ1n) is 10.6. The van der Waals surface area contributed by atoms with Crippen LogP contribution in [0.15, 0.2) is 84.0 Å². The van der Waals surface area contributed by atoms with Crippen LogP contribution in [0.5, 0.6) is 0 Å². The number of amides is 1. The molecule has 0 fully saturated rings. The maximum atomic E-state index is 12.4. The molecule has 1 heterocycles. The van der Waals surface area contributed by atoms with E-state index in [2.05, 4.69) is 55.6 Å². The van der Waals surface area contributed by atoms with E-state index in [1.54, 1.807) is 0 Å². The molecule has 0 aliphatic rings. The molecule has 1 amide bonds. The van der Waals surface area contributed by atoms with E-state index in [4.69, 9.17) is 0 Å². The van der Waals surface area contributed by atoms with Crippen LogP contribution in [0.1, 0.15) is 17.8 Å². The number of halogens is 1. The van der Waals surface area contributed by atoms with Crippen LogP contribution in [0, 0.1) is 10.5 Å². The molecule has 4 aromatic rings. The lowest BCUT2D eigenvalue weighted by Gasteiger charge is -2.12. The molecule has 0 atom stereocenters. The lowest BCUT2D eigenvalue weighted by molar-refractivity contribution is -0.115. The summed E-state index contributed by atoms with van der Waals surface area (Å²) >= 11 is 3.82. The third-order valence-corrected chi connectivity index (χ3v) is 6.64. The normalized spacial score (nSPS) is 10.7. The molecular weight excluding hydrogens is 545 g/mol. The van der Waals surface area contributed by atoms with Gasteiger partial charge < -0.3 is 10.6 Å². The first-order chi connectivity index (χ1) is 16.1. The van der Waals surface area contributed by atoms with Crippen LogP contribution in [0.4, 0.5) is 11.4 Å². The molecule has 0 saturated heterocycles. The van der Waals surface area contributed by atoms with Crippen molar-refractivity contribution in [3.8, 4) is 5.69 Å². The van der Waals surface area contributed by atoms with Gasteiger partial charge in [0.1, 0.15) is 0 Å². The summed E-state index contributed by atoms with van der Waals surface area (Å²) < 4.78 is 3.24. The Labute approximate surface area is 211 Å². The molecule has 4 rings (SSSR count). The highest BCUT2D eigenvalue weighted by molar-refractivity contribution is 14.1. The molecule has 0 bridgehead atoms. The largest absolute Gasteiger partial charge is 0.378 e. The number of aryl methyl sites for hydroxylation is 1. The van der Waals surface area contributed by atoms with Crippen molar-refractivity contribution in [1.29, 1.82) is 0 Å². The Bertz CT molecular complexity index is 1210. The minimum absolute atomic E-state index is 0.0109. The minimum atomic E-state index is -0.0109. The van der Waals surface area contributed by atoms with Crippen LogP contribution < -0.4 is 10.6 Å². The van der Waals surface area contributed by atoms with Crippen molar-refractivity contribution in [2.45, 2.75) is 25.0 Å². The Kier molecular flexibility index (Phi) is 8.01. The van der Waals surface area contributed by atoms with Crippen molar-refractivity contribution >= 4 is 51.6 Å². The lowest BCUT2D eigenvalue weighted by atomic mass is 10.2. The minimum Gasteiger partial charge on any atom is -0.378 e. The third kappa shape index (κ3) is 6.35. The molecule has 6 nitrogen and oxygen atoms in total. The van der Waals surface area contributed by atoms with E-state index in [1.165, 1.54) is 15.3 Å². The molecular formula is C25H24IN5OS. The zero-order chi connectivity index (χ0) is 23.0. The SMILES string of the molecule is Cc1ccccc1NC(=O)CCSc1nnc(CNc2ccc(I)cc2)n1-c1ccccc1. The molecule has 0 unspecified atom stereocenters. The summed E-state index contributed by atoms with van der Waals surface area (Å²) in [7, 11) is 0. The standard InChI is InChI=1S/C25H24IN5OS/c1-18-7-5-6-10-22(18)28-24(32)15-16-33-25-30-29-23(31(25)21-8-3-2-4-9-21)17-27-20-13-11-19(26)12-14-20/h2-14,27H,15-17H2,1H3,(H,28,32). The highest BCUT2D eigenvalue weighted by Crippen LogP contribution is 2.24. The smallest absolute Gasteiger partial charge is 0.225 e. The molecule has 8 heteroatoms. The number of aromatic nitrogens is 3. The third-order valence-electron chi connectivity index (χ3n) is 4.99. The van der Waals surface area contributed by atoms with Gasteiger partial charge in [0, 0.05) is 32.8 Å². The van der Waals surface area contributed by atoms with E-state index in [-0.39, 0.29) is 5.91 Å². The summed E-state index contributed by atoms with van der Waals surface area (Å²) in [6, 6.07) is 26.1. The van der Waals surface area contributed by atoms with Gasteiger partial charge in [-0.3, -0.25) is 9.36 Å². The molecule has 1 aromatic heterocycles. The van der Waals surface area contributed by atoms with Gasteiger partial charge in [-0.1, -0.05) is 48.2 Å². The van der Waals surface area contributed by atoms with Crippen molar-refractivity contribution in [3.05, 3.63) is 93.8 Å². The van der Waals surface area contributed by atoms with E-state index in [0.29, 0.717) is 18.7 Å². The van der Waals surface area contributed by atoms with Crippen molar-refractivity contribution in [2.24, 2.45) is 0 Å². The van der Waals surface area contributed by atoms with E-state index >= 15 is 0 Å². The second kappa shape index (κ2) is 11.3. The Balaban J connectivity index is 1.43. The number of nitrogens with zero attached hydrogens (tertiary/aromatic N) is 3. The number of hydrogen-bond donors (Lipinski definition) is 2. The highest BCUT2D eigenvalue weighted by Gasteiger charge is 2.15. The molecule has 168 valence electrons. The van der Waals surface area contributed by atoms with Gasteiger partial charge in [-0.15, -0.1) is 10.2 Å². The highest BCUT2D eigenvalue weighted by atomic mass is 127. The van der Waals surface area contributed by atoms with Gasteiger partial charge in [0.15, 0.2) is 11.0 Å². The lowest BCUT2D eigenvalue weighted by Crippen LogP contribution is -2.13. The van der Waals surface area contributed by atoms with Crippen molar-refractivity contribution in [2.75, 3.05) is 16.4 Å². The molecule has 0 aliphatic heterocycles. The number of thioether (sulfide) groups is 1. The Morgan fingerprint density at radius 2 is 1.70 bits per heavy atom. The average molecular weight is 569 g/mol. The quantitative estimate of drug-likeness (QED) is 0.194. The van der Waals surface area contributed by atoms with E-state index in [9.17, 15) is 4.79 Å². The topological polar surface area (TPSA) is 71.8 Å². The monoisotopic (exact) mass is 569 g/mol. The molecule has 0 spiro atoms. The Morgan fingerprint density at radius 1 is 0.970 bits per heavy atom. The van der Waals surface area contributed by atoms with Crippen molar-refractivity contribution in [3.63, 3.8) is 0 Å². The van der Waals surface area contributed by atoms with E-state index in [1.807, 2.05) is 78.2 Å². The summed E-state index contributed by atoms with van der Waals surface area (Å²) in [5.74, 6) is 1.41. The Hall–Kier alpha value is -2.85.